The number of thiazole rings is 1. The normalized spacial score (nSPS) is 11.7. The number of carbonyl (C=O) groups excluding carboxylic acids is 1. The number of nitrogens with one attached hydrogen (secondary N) is 2. The fraction of sp³-hybridized carbons (Fsp3) is 0.615. The summed E-state index contributed by atoms with van der Waals surface area (Å²) in [5.41, 5.74) is -0.866. The Morgan fingerprint density at radius 1 is 1.38 bits per heavy atom. The molecule has 0 fully saturated rings. The number of aliphatic imine (C=N–C) groups is 1. The van der Waals surface area contributed by atoms with E-state index < -0.39 is 11.9 Å². The Hall–Kier alpha value is -1.11. The molecule has 138 valence electrons. The molecule has 0 atom stereocenters. The summed E-state index contributed by atoms with van der Waals surface area (Å²) >= 11 is 0.971. The van der Waals surface area contributed by atoms with Crippen molar-refractivity contribution in [3.63, 3.8) is 0 Å². The van der Waals surface area contributed by atoms with Crippen molar-refractivity contribution < 1.29 is 18.0 Å². The van der Waals surface area contributed by atoms with Crippen LogP contribution in [0.4, 0.5) is 13.2 Å². The SMILES string of the molecule is CCNC(=NCC(=O)N(C)C)NCCc1nc(C(F)(F)F)cs1.I. The van der Waals surface area contributed by atoms with E-state index in [-0.39, 0.29) is 36.4 Å². The zero-order valence-corrected chi connectivity index (χ0v) is 16.8. The van der Waals surface area contributed by atoms with E-state index >= 15 is 0 Å². The van der Waals surface area contributed by atoms with Crippen molar-refractivity contribution in [3.8, 4) is 0 Å². The van der Waals surface area contributed by atoms with Gasteiger partial charge in [-0.1, -0.05) is 0 Å². The Labute approximate surface area is 159 Å². The number of rotatable bonds is 6. The van der Waals surface area contributed by atoms with E-state index in [0.717, 1.165) is 16.7 Å². The van der Waals surface area contributed by atoms with Crippen molar-refractivity contribution >= 4 is 47.2 Å². The molecule has 0 radical (unpaired) electrons. The number of likely N-dealkylation sites (N-methyl/N-ethyl adjacent to an activating group) is 1. The van der Waals surface area contributed by atoms with Crippen molar-refractivity contribution in [2.45, 2.75) is 19.5 Å². The van der Waals surface area contributed by atoms with Crippen molar-refractivity contribution in [2.24, 2.45) is 4.99 Å². The Morgan fingerprint density at radius 2 is 2.04 bits per heavy atom. The molecule has 0 unspecified atom stereocenters. The molecule has 11 heteroatoms. The predicted octanol–water partition coefficient (Wildman–Crippen LogP) is 1.97. The summed E-state index contributed by atoms with van der Waals surface area (Å²) in [5, 5.41) is 7.33. The molecule has 1 aromatic heterocycles. The zero-order chi connectivity index (χ0) is 17.5. The molecule has 0 bridgehead atoms. The van der Waals surface area contributed by atoms with Crippen LogP contribution < -0.4 is 10.6 Å². The van der Waals surface area contributed by atoms with Crippen molar-refractivity contribution in [1.29, 1.82) is 0 Å². The monoisotopic (exact) mass is 479 g/mol. The second-order valence-electron chi connectivity index (χ2n) is 4.78. The highest BCUT2D eigenvalue weighted by Gasteiger charge is 2.33. The van der Waals surface area contributed by atoms with E-state index in [1.54, 1.807) is 14.1 Å². The fourth-order valence-electron chi connectivity index (χ4n) is 1.47. The van der Waals surface area contributed by atoms with Gasteiger partial charge in [-0.3, -0.25) is 4.79 Å². The van der Waals surface area contributed by atoms with Gasteiger partial charge >= 0.3 is 6.18 Å². The van der Waals surface area contributed by atoms with Crippen LogP contribution in [-0.4, -0.2) is 55.5 Å². The minimum atomic E-state index is -4.41. The topological polar surface area (TPSA) is 69.6 Å². The van der Waals surface area contributed by atoms with Crippen LogP contribution in [0.1, 0.15) is 17.6 Å². The van der Waals surface area contributed by atoms with Gasteiger partial charge in [-0.25, -0.2) is 9.98 Å². The van der Waals surface area contributed by atoms with Gasteiger partial charge in [0.25, 0.3) is 0 Å². The summed E-state index contributed by atoms with van der Waals surface area (Å²) in [4.78, 5) is 20.6. The van der Waals surface area contributed by atoms with Gasteiger partial charge in [0, 0.05) is 39.0 Å². The van der Waals surface area contributed by atoms with Gasteiger partial charge in [0.2, 0.25) is 5.91 Å². The molecule has 0 aliphatic heterocycles. The van der Waals surface area contributed by atoms with Crippen LogP contribution in [0.25, 0.3) is 0 Å². The first-order chi connectivity index (χ1) is 10.7. The molecule has 0 aliphatic carbocycles. The number of hydrogen-bond acceptors (Lipinski definition) is 4. The number of halogens is 4. The molecule has 1 heterocycles. The first kappa shape index (κ1) is 22.9. The lowest BCUT2D eigenvalue weighted by Gasteiger charge is -2.12. The van der Waals surface area contributed by atoms with Gasteiger partial charge in [0.15, 0.2) is 11.7 Å². The highest BCUT2D eigenvalue weighted by atomic mass is 127. The van der Waals surface area contributed by atoms with Crippen LogP contribution in [0.3, 0.4) is 0 Å². The molecule has 0 spiro atoms. The minimum absolute atomic E-state index is 0. The number of carbonyl (C=O) groups is 1. The molecule has 2 N–H and O–H groups in total. The number of aromatic nitrogens is 1. The summed E-state index contributed by atoms with van der Waals surface area (Å²) in [7, 11) is 3.28. The first-order valence-corrected chi connectivity index (χ1v) is 7.86. The Kier molecular flexibility index (Phi) is 10.2. The van der Waals surface area contributed by atoms with Gasteiger partial charge in [0.1, 0.15) is 6.54 Å². The van der Waals surface area contributed by atoms with E-state index in [9.17, 15) is 18.0 Å². The lowest BCUT2D eigenvalue weighted by molar-refractivity contribution is -0.140. The van der Waals surface area contributed by atoms with Crippen LogP contribution in [0.5, 0.6) is 0 Å². The molecular weight excluding hydrogens is 458 g/mol. The van der Waals surface area contributed by atoms with Crippen molar-refractivity contribution in [3.05, 3.63) is 16.1 Å². The molecule has 6 nitrogen and oxygen atoms in total. The molecule has 1 aromatic rings. The van der Waals surface area contributed by atoms with Gasteiger partial charge in [-0.2, -0.15) is 13.2 Å². The van der Waals surface area contributed by atoms with Gasteiger partial charge in [-0.05, 0) is 6.92 Å². The predicted molar refractivity (Wildman–Crippen MR) is 98.9 cm³/mol. The molecule has 0 aromatic carbocycles. The number of guanidine groups is 1. The van der Waals surface area contributed by atoms with E-state index in [1.807, 2.05) is 6.92 Å². The first-order valence-electron chi connectivity index (χ1n) is 6.98. The second kappa shape index (κ2) is 10.7. The Balaban J connectivity index is 0.00000529. The maximum atomic E-state index is 12.5. The summed E-state index contributed by atoms with van der Waals surface area (Å²) < 4.78 is 37.4. The lowest BCUT2D eigenvalue weighted by atomic mass is 10.4. The Bertz CT molecular complexity index is 548. The van der Waals surface area contributed by atoms with Crippen LogP contribution in [0, 0.1) is 0 Å². The van der Waals surface area contributed by atoms with E-state index in [2.05, 4.69) is 20.6 Å². The average molecular weight is 479 g/mol. The summed E-state index contributed by atoms with van der Waals surface area (Å²) in [6, 6.07) is 0. The summed E-state index contributed by atoms with van der Waals surface area (Å²) in [6.07, 6.45) is -4.07. The molecule has 0 saturated heterocycles. The Morgan fingerprint density at radius 3 is 2.54 bits per heavy atom. The minimum Gasteiger partial charge on any atom is -0.357 e. The maximum absolute atomic E-state index is 12.5. The van der Waals surface area contributed by atoms with Gasteiger partial charge in [0.05, 0.1) is 5.01 Å². The van der Waals surface area contributed by atoms with Crippen molar-refractivity contribution in [1.82, 2.24) is 20.5 Å². The highest BCUT2D eigenvalue weighted by molar-refractivity contribution is 14.0. The smallest absolute Gasteiger partial charge is 0.357 e. The van der Waals surface area contributed by atoms with E-state index in [4.69, 9.17) is 0 Å². The summed E-state index contributed by atoms with van der Waals surface area (Å²) in [5.74, 6) is 0.298. The molecular formula is C13H21F3IN5OS. The van der Waals surface area contributed by atoms with Crippen LogP contribution in [0.2, 0.25) is 0 Å². The number of nitrogens with zero attached hydrogens (tertiary/aromatic N) is 3. The van der Waals surface area contributed by atoms with Gasteiger partial charge in [-0.15, -0.1) is 35.3 Å². The second-order valence-corrected chi connectivity index (χ2v) is 5.73. The fourth-order valence-corrected chi connectivity index (χ4v) is 2.28. The van der Waals surface area contributed by atoms with Crippen LogP contribution >= 0.6 is 35.3 Å². The molecule has 1 amide bonds. The zero-order valence-electron chi connectivity index (χ0n) is 13.6. The number of alkyl halides is 3. The third kappa shape index (κ3) is 8.13. The van der Waals surface area contributed by atoms with E-state index in [0.29, 0.717) is 30.5 Å². The van der Waals surface area contributed by atoms with Crippen LogP contribution in [-0.2, 0) is 17.4 Å². The summed E-state index contributed by atoms with van der Waals surface area (Å²) in [6.45, 7) is 2.85. The average Bonchev–Trinajstić information content (AvgIpc) is 2.93. The molecule has 24 heavy (non-hydrogen) atoms. The van der Waals surface area contributed by atoms with E-state index in [1.165, 1.54) is 4.90 Å². The molecule has 1 rings (SSSR count). The number of hydrogen-bond donors (Lipinski definition) is 2. The largest absolute Gasteiger partial charge is 0.434 e. The lowest BCUT2D eigenvalue weighted by Crippen LogP contribution is -2.39. The third-order valence-electron chi connectivity index (χ3n) is 2.69. The quantitative estimate of drug-likeness (QED) is 0.372. The molecule has 0 aliphatic rings. The van der Waals surface area contributed by atoms with Crippen molar-refractivity contribution in [2.75, 3.05) is 33.7 Å². The standard InChI is InChI=1S/C13H20F3N5OS.HI/c1-4-17-12(19-7-11(22)21(2)3)18-6-5-10-20-9(8-23-10)13(14,15)16;/h8H,4-7H2,1-3H3,(H2,17,18,19);1H. The molecule has 0 saturated carbocycles. The third-order valence-corrected chi connectivity index (χ3v) is 3.60. The van der Waals surface area contributed by atoms with Gasteiger partial charge < -0.3 is 15.5 Å². The highest BCUT2D eigenvalue weighted by Crippen LogP contribution is 2.29. The van der Waals surface area contributed by atoms with Crippen LogP contribution in [0.15, 0.2) is 10.4 Å². The maximum Gasteiger partial charge on any atom is 0.434 e. The number of amides is 1.